The van der Waals surface area contributed by atoms with Crippen molar-refractivity contribution < 1.29 is 19.1 Å². The maximum absolute atomic E-state index is 11.8. The summed E-state index contributed by atoms with van der Waals surface area (Å²) in [4.78, 5) is 23.4. The van der Waals surface area contributed by atoms with Crippen LogP contribution >= 0.6 is 15.9 Å². The molecule has 1 aromatic carbocycles. The lowest BCUT2D eigenvalue weighted by Gasteiger charge is -2.11. The second-order valence-corrected chi connectivity index (χ2v) is 5.40. The Hall–Kier alpha value is -1.40. The first kappa shape index (κ1) is 17.7. The number of carbonyl (C=O) groups excluding carboxylic acids is 2. The number of esters is 1. The maximum Gasteiger partial charge on any atom is 0.338 e. The van der Waals surface area contributed by atoms with Crippen molar-refractivity contribution >= 4 is 33.5 Å². The molecule has 1 N–H and O–H groups in total. The zero-order valence-electron chi connectivity index (χ0n) is 12.4. The molecule has 0 heterocycles. The van der Waals surface area contributed by atoms with Gasteiger partial charge in [0, 0.05) is 18.0 Å². The van der Waals surface area contributed by atoms with Crippen molar-refractivity contribution in [3.63, 3.8) is 0 Å². The van der Waals surface area contributed by atoms with Gasteiger partial charge in [-0.15, -0.1) is 0 Å². The number of halogens is 1. The molecule has 21 heavy (non-hydrogen) atoms. The Labute approximate surface area is 133 Å². The van der Waals surface area contributed by atoms with Gasteiger partial charge in [0.15, 0.2) is 0 Å². The summed E-state index contributed by atoms with van der Waals surface area (Å²) in [5.41, 5.74) is 1.06. The minimum atomic E-state index is -0.384. The van der Waals surface area contributed by atoms with E-state index in [2.05, 4.69) is 21.2 Å². The van der Waals surface area contributed by atoms with Crippen LogP contribution in [0.5, 0.6) is 0 Å². The molecule has 0 saturated heterocycles. The van der Waals surface area contributed by atoms with Gasteiger partial charge in [0.05, 0.1) is 24.0 Å². The molecule has 116 valence electrons. The Morgan fingerprint density at radius 1 is 1.38 bits per heavy atom. The molecule has 1 aromatic rings. The number of hydrogen-bond acceptors (Lipinski definition) is 4. The van der Waals surface area contributed by atoms with Crippen molar-refractivity contribution in [2.24, 2.45) is 0 Å². The molecule has 0 aromatic heterocycles. The first-order valence-corrected chi connectivity index (χ1v) is 7.56. The molecule has 1 rings (SSSR count). The number of hydrogen-bond donors (Lipinski definition) is 1. The average Bonchev–Trinajstić information content (AvgIpc) is 2.47. The molecule has 0 saturated carbocycles. The van der Waals surface area contributed by atoms with Crippen molar-refractivity contribution in [1.82, 2.24) is 0 Å². The van der Waals surface area contributed by atoms with E-state index in [0.29, 0.717) is 35.2 Å². The molecule has 0 spiro atoms. The van der Waals surface area contributed by atoms with Crippen LogP contribution in [0.1, 0.15) is 37.0 Å². The normalized spacial score (nSPS) is 11.8. The van der Waals surface area contributed by atoms with Gasteiger partial charge in [0.25, 0.3) is 0 Å². The molecule has 1 unspecified atom stereocenters. The fourth-order valence-corrected chi connectivity index (χ4v) is 2.10. The predicted octanol–water partition coefficient (Wildman–Crippen LogP) is 3.38. The molecule has 1 amide bonds. The highest BCUT2D eigenvalue weighted by molar-refractivity contribution is 9.10. The van der Waals surface area contributed by atoms with Crippen LogP contribution in [-0.4, -0.2) is 31.7 Å². The predicted molar refractivity (Wildman–Crippen MR) is 84.4 cm³/mol. The minimum absolute atomic E-state index is 0.0466. The standard InChI is InChI=1S/C15H20BrNO4/c1-4-21-15(19)11-6-7-13(12(16)9-11)17-14(18)8-5-10(2)20-3/h6-7,9-10H,4-5,8H2,1-3H3,(H,17,18). The van der Waals surface area contributed by atoms with Crippen LogP contribution in [0.3, 0.4) is 0 Å². The second kappa shape index (κ2) is 8.79. The van der Waals surface area contributed by atoms with Gasteiger partial charge in [-0.3, -0.25) is 4.79 Å². The third-order valence-corrected chi connectivity index (χ3v) is 3.59. The summed E-state index contributed by atoms with van der Waals surface area (Å²) in [5.74, 6) is -0.478. The number of methoxy groups -OCH3 is 1. The summed E-state index contributed by atoms with van der Waals surface area (Å²) in [6, 6.07) is 4.93. The second-order valence-electron chi connectivity index (χ2n) is 4.55. The smallest absolute Gasteiger partial charge is 0.338 e. The van der Waals surface area contributed by atoms with E-state index in [1.165, 1.54) is 0 Å². The summed E-state index contributed by atoms with van der Waals surface area (Å²) in [5, 5.41) is 2.79. The Kier molecular flexibility index (Phi) is 7.39. The van der Waals surface area contributed by atoms with Gasteiger partial charge in [-0.25, -0.2) is 4.79 Å². The topological polar surface area (TPSA) is 64.6 Å². The number of benzene rings is 1. The molecular formula is C15H20BrNO4. The number of amides is 1. The van der Waals surface area contributed by atoms with Crippen molar-refractivity contribution in [3.05, 3.63) is 28.2 Å². The molecule has 6 heteroatoms. The fourth-order valence-electron chi connectivity index (χ4n) is 1.62. The maximum atomic E-state index is 11.8. The zero-order chi connectivity index (χ0) is 15.8. The third-order valence-electron chi connectivity index (χ3n) is 2.93. The Bertz CT molecular complexity index is 504. The summed E-state index contributed by atoms with van der Waals surface area (Å²) in [7, 11) is 1.62. The van der Waals surface area contributed by atoms with Crippen LogP contribution < -0.4 is 5.32 Å². The number of rotatable bonds is 7. The highest BCUT2D eigenvalue weighted by Gasteiger charge is 2.11. The third kappa shape index (κ3) is 5.85. The van der Waals surface area contributed by atoms with Crippen molar-refractivity contribution in [2.45, 2.75) is 32.8 Å². The van der Waals surface area contributed by atoms with Gasteiger partial charge in [-0.2, -0.15) is 0 Å². The molecule has 0 fully saturated rings. The number of ether oxygens (including phenoxy) is 2. The van der Waals surface area contributed by atoms with E-state index in [4.69, 9.17) is 9.47 Å². The summed E-state index contributed by atoms with van der Waals surface area (Å²) in [6.45, 7) is 3.99. The number of anilines is 1. The Morgan fingerprint density at radius 2 is 2.10 bits per heavy atom. The lowest BCUT2D eigenvalue weighted by Crippen LogP contribution is -2.15. The molecule has 0 bridgehead atoms. The van der Waals surface area contributed by atoms with Gasteiger partial charge < -0.3 is 14.8 Å². The summed E-state index contributed by atoms with van der Waals surface area (Å²) < 4.78 is 10.7. The summed E-state index contributed by atoms with van der Waals surface area (Å²) >= 11 is 3.34. The van der Waals surface area contributed by atoms with E-state index < -0.39 is 0 Å². The van der Waals surface area contributed by atoms with E-state index >= 15 is 0 Å². The quantitative estimate of drug-likeness (QED) is 0.759. The molecule has 0 aliphatic carbocycles. The van der Waals surface area contributed by atoms with Crippen LogP contribution in [-0.2, 0) is 14.3 Å². The molecule has 0 aliphatic rings. The fraction of sp³-hybridized carbons (Fsp3) is 0.467. The lowest BCUT2D eigenvalue weighted by molar-refractivity contribution is -0.116. The van der Waals surface area contributed by atoms with Gasteiger partial charge in [-0.05, 0) is 54.4 Å². The van der Waals surface area contributed by atoms with E-state index in [0.717, 1.165) is 0 Å². The van der Waals surface area contributed by atoms with Crippen LogP contribution in [0, 0.1) is 0 Å². The largest absolute Gasteiger partial charge is 0.462 e. The Morgan fingerprint density at radius 3 is 2.67 bits per heavy atom. The van der Waals surface area contributed by atoms with Gasteiger partial charge in [-0.1, -0.05) is 0 Å². The van der Waals surface area contributed by atoms with Crippen molar-refractivity contribution in [2.75, 3.05) is 19.0 Å². The highest BCUT2D eigenvalue weighted by Crippen LogP contribution is 2.24. The van der Waals surface area contributed by atoms with Gasteiger partial charge in [0.1, 0.15) is 0 Å². The van der Waals surface area contributed by atoms with Crippen LogP contribution in [0.4, 0.5) is 5.69 Å². The molecule has 0 aliphatic heterocycles. The molecular weight excluding hydrogens is 338 g/mol. The average molecular weight is 358 g/mol. The van der Waals surface area contributed by atoms with Crippen LogP contribution in [0.2, 0.25) is 0 Å². The van der Waals surface area contributed by atoms with E-state index in [1.807, 2.05) is 6.92 Å². The molecule has 1 atom stereocenters. The monoisotopic (exact) mass is 357 g/mol. The van der Waals surface area contributed by atoms with Gasteiger partial charge in [0.2, 0.25) is 5.91 Å². The van der Waals surface area contributed by atoms with Crippen molar-refractivity contribution in [1.29, 1.82) is 0 Å². The zero-order valence-corrected chi connectivity index (χ0v) is 14.0. The minimum Gasteiger partial charge on any atom is -0.462 e. The number of carbonyl (C=O) groups is 2. The van der Waals surface area contributed by atoms with E-state index in [9.17, 15) is 9.59 Å². The lowest BCUT2D eigenvalue weighted by atomic mass is 10.2. The first-order chi connectivity index (χ1) is 9.97. The SMILES string of the molecule is CCOC(=O)c1ccc(NC(=O)CCC(C)OC)c(Br)c1. The van der Waals surface area contributed by atoms with E-state index in [-0.39, 0.29) is 18.0 Å². The first-order valence-electron chi connectivity index (χ1n) is 6.77. The molecule has 0 radical (unpaired) electrons. The van der Waals surface area contributed by atoms with Crippen LogP contribution in [0.25, 0.3) is 0 Å². The molecule has 5 nitrogen and oxygen atoms in total. The Balaban J connectivity index is 2.64. The van der Waals surface area contributed by atoms with Crippen molar-refractivity contribution in [3.8, 4) is 0 Å². The van der Waals surface area contributed by atoms with Gasteiger partial charge >= 0.3 is 5.97 Å². The number of nitrogens with one attached hydrogen (secondary N) is 1. The summed E-state index contributed by atoms with van der Waals surface area (Å²) in [6.07, 6.45) is 1.08. The highest BCUT2D eigenvalue weighted by atomic mass is 79.9. The van der Waals surface area contributed by atoms with Crippen LogP contribution in [0.15, 0.2) is 22.7 Å². The van der Waals surface area contributed by atoms with E-state index in [1.54, 1.807) is 32.2 Å².